The molecule has 2 fully saturated rings. The SMILES string of the molecule is CC(C)(C)c1cc([C@H](C2CC2)N2CCNCC2)c(O)c(C(C)(C)C)c1.Cl.Cl. The van der Waals surface area contributed by atoms with Gasteiger partial charge in [-0.25, -0.2) is 0 Å². The summed E-state index contributed by atoms with van der Waals surface area (Å²) in [5.41, 5.74) is 3.63. The molecule has 1 aliphatic heterocycles. The number of hydrogen-bond donors (Lipinski definition) is 2. The fourth-order valence-corrected chi connectivity index (χ4v) is 4.01. The Kier molecular flexibility index (Phi) is 8.10. The van der Waals surface area contributed by atoms with Crippen molar-refractivity contribution in [2.24, 2.45) is 5.92 Å². The van der Waals surface area contributed by atoms with E-state index in [-0.39, 0.29) is 35.6 Å². The highest BCUT2D eigenvalue weighted by atomic mass is 35.5. The number of aromatic hydroxyl groups is 1. The maximum atomic E-state index is 11.3. The molecule has 1 saturated carbocycles. The van der Waals surface area contributed by atoms with Crippen molar-refractivity contribution in [1.29, 1.82) is 0 Å². The second kappa shape index (κ2) is 8.90. The fraction of sp³-hybridized carbons (Fsp3) is 0.727. The number of rotatable bonds is 3. The minimum absolute atomic E-state index is 0. The number of hydrogen-bond acceptors (Lipinski definition) is 3. The van der Waals surface area contributed by atoms with Crippen molar-refractivity contribution in [3.05, 3.63) is 28.8 Å². The molecule has 1 atom stereocenters. The third-order valence-corrected chi connectivity index (χ3v) is 5.75. The van der Waals surface area contributed by atoms with E-state index in [0.29, 0.717) is 17.7 Å². The summed E-state index contributed by atoms with van der Waals surface area (Å²) in [5.74, 6) is 1.24. The molecule has 1 aliphatic carbocycles. The lowest BCUT2D eigenvalue weighted by Gasteiger charge is -2.37. The summed E-state index contributed by atoms with van der Waals surface area (Å²) in [4.78, 5) is 2.60. The first-order valence-corrected chi connectivity index (χ1v) is 9.91. The smallest absolute Gasteiger partial charge is 0.124 e. The number of nitrogens with zero attached hydrogens (tertiary/aromatic N) is 1. The molecule has 0 amide bonds. The molecule has 1 aromatic rings. The highest BCUT2D eigenvalue weighted by Crippen LogP contribution is 2.49. The van der Waals surface area contributed by atoms with E-state index in [4.69, 9.17) is 0 Å². The predicted octanol–water partition coefficient (Wildman–Crippen LogP) is 5.19. The molecule has 1 aromatic carbocycles. The first-order valence-electron chi connectivity index (χ1n) is 9.91. The van der Waals surface area contributed by atoms with E-state index in [1.807, 2.05) is 0 Å². The Labute approximate surface area is 178 Å². The Balaban J connectivity index is 0.00000182. The Morgan fingerprint density at radius 3 is 1.96 bits per heavy atom. The number of benzene rings is 1. The quantitative estimate of drug-likeness (QED) is 0.711. The summed E-state index contributed by atoms with van der Waals surface area (Å²) < 4.78 is 0. The van der Waals surface area contributed by atoms with Gasteiger partial charge in [-0.15, -0.1) is 24.8 Å². The van der Waals surface area contributed by atoms with Gasteiger partial charge < -0.3 is 10.4 Å². The zero-order chi connectivity index (χ0) is 18.4. The van der Waals surface area contributed by atoms with Crippen molar-refractivity contribution in [3.63, 3.8) is 0 Å². The number of nitrogens with one attached hydrogen (secondary N) is 1. The highest BCUT2D eigenvalue weighted by Gasteiger charge is 2.39. The molecule has 0 radical (unpaired) electrons. The average molecular weight is 417 g/mol. The van der Waals surface area contributed by atoms with E-state index < -0.39 is 0 Å². The monoisotopic (exact) mass is 416 g/mol. The van der Waals surface area contributed by atoms with Gasteiger partial charge in [-0.1, -0.05) is 47.6 Å². The molecule has 0 unspecified atom stereocenters. The molecule has 0 bridgehead atoms. The van der Waals surface area contributed by atoms with Crippen molar-refractivity contribution >= 4 is 24.8 Å². The van der Waals surface area contributed by atoms with E-state index in [1.54, 1.807) is 0 Å². The molecule has 3 nitrogen and oxygen atoms in total. The minimum Gasteiger partial charge on any atom is -0.507 e. The Bertz CT molecular complexity index is 624. The standard InChI is InChI=1S/C22H36N2O.2ClH/c1-21(2,3)16-13-17(20(25)18(14-16)22(4,5)6)19(15-7-8-15)24-11-9-23-10-12-24;;/h13-15,19,23,25H,7-12H2,1-6H3;2*1H/t19-;;/m0../s1. The van der Waals surface area contributed by atoms with Crippen LogP contribution < -0.4 is 5.32 Å². The van der Waals surface area contributed by atoms with Gasteiger partial charge in [0.2, 0.25) is 0 Å². The second-order valence-electron chi connectivity index (χ2n) is 10.0. The van der Waals surface area contributed by atoms with Gasteiger partial charge in [0.15, 0.2) is 0 Å². The van der Waals surface area contributed by atoms with E-state index in [1.165, 1.54) is 24.0 Å². The van der Waals surface area contributed by atoms with Crippen LogP contribution in [0.25, 0.3) is 0 Å². The van der Waals surface area contributed by atoms with E-state index in [9.17, 15) is 5.11 Å². The van der Waals surface area contributed by atoms with Crippen molar-refractivity contribution < 1.29 is 5.11 Å². The fourth-order valence-electron chi connectivity index (χ4n) is 4.01. The minimum atomic E-state index is -0.0579. The summed E-state index contributed by atoms with van der Waals surface area (Å²) in [6.45, 7) is 17.7. The van der Waals surface area contributed by atoms with Crippen LogP contribution in [0.4, 0.5) is 0 Å². The molecule has 1 heterocycles. The summed E-state index contributed by atoms with van der Waals surface area (Å²) >= 11 is 0. The largest absolute Gasteiger partial charge is 0.507 e. The van der Waals surface area contributed by atoms with E-state index in [2.05, 4.69) is 63.9 Å². The Hall–Kier alpha value is -0.480. The van der Waals surface area contributed by atoms with E-state index >= 15 is 0 Å². The molecule has 3 rings (SSSR count). The number of halogens is 2. The topological polar surface area (TPSA) is 35.5 Å². The van der Waals surface area contributed by atoms with Gasteiger partial charge in [-0.3, -0.25) is 4.90 Å². The molecular formula is C22H38Cl2N2O. The second-order valence-corrected chi connectivity index (χ2v) is 10.0. The number of phenolic OH excluding ortho intramolecular Hbond substituents is 1. The van der Waals surface area contributed by atoms with Crippen LogP contribution in [-0.2, 0) is 10.8 Å². The molecule has 5 heteroatoms. The zero-order valence-electron chi connectivity index (χ0n) is 17.8. The van der Waals surface area contributed by atoms with Crippen LogP contribution in [0.2, 0.25) is 0 Å². The summed E-state index contributed by atoms with van der Waals surface area (Å²) in [6.07, 6.45) is 2.58. The maximum absolute atomic E-state index is 11.3. The summed E-state index contributed by atoms with van der Waals surface area (Å²) in [6, 6.07) is 4.90. The van der Waals surface area contributed by atoms with Crippen molar-refractivity contribution in [2.45, 2.75) is 71.3 Å². The van der Waals surface area contributed by atoms with Gasteiger partial charge in [0.25, 0.3) is 0 Å². The van der Waals surface area contributed by atoms with Gasteiger partial charge in [0.1, 0.15) is 5.75 Å². The lowest BCUT2D eigenvalue weighted by molar-refractivity contribution is 0.153. The van der Waals surface area contributed by atoms with Gasteiger partial charge in [-0.05, 0) is 46.8 Å². The van der Waals surface area contributed by atoms with Crippen LogP contribution in [0.15, 0.2) is 12.1 Å². The number of phenols is 1. The van der Waals surface area contributed by atoms with Crippen molar-refractivity contribution in [1.82, 2.24) is 10.2 Å². The molecule has 1 saturated heterocycles. The molecule has 0 spiro atoms. The normalized spacial score (nSPS) is 19.8. The average Bonchev–Trinajstić information content (AvgIpc) is 3.33. The third-order valence-electron chi connectivity index (χ3n) is 5.75. The van der Waals surface area contributed by atoms with Crippen LogP contribution in [0.5, 0.6) is 5.75 Å². The summed E-state index contributed by atoms with van der Waals surface area (Å²) in [5, 5.41) is 14.7. The molecule has 2 N–H and O–H groups in total. The first kappa shape index (κ1) is 24.6. The third kappa shape index (κ3) is 5.53. The van der Waals surface area contributed by atoms with Gasteiger partial charge in [0.05, 0.1) is 0 Å². The highest BCUT2D eigenvalue weighted by molar-refractivity contribution is 5.85. The van der Waals surface area contributed by atoms with Crippen molar-refractivity contribution in [3.8, 4) is 5.75 Å². The van der Waals surface area contributed by atoms with Crippen molar-refractivity contribution in [2.75, 3.05) is 26.2 Å². The van der Waals surface area contributed by atoms with Crippen LogP contribution in [0.3, 0.4) is 0 Å². The van der Waals surface area contributed by atoms with Crippen LogP contribution in [0, 0.1) is 5.92 Å². The number of piperazine rings is 1. The van der Waals surface area contributed by atoms with Gasteiger partial charge in [-0.2, -0.15) is 0 Å². The predicted molar refractivity (Wildman–Crippen MR) is 120 cm³/mol. The van der Waals surface area contributed by atoms with E-state index in [0.717, 1.165) is 31.7 Å². The Morgan fingerprint density at radius 2 is 1.52 bits per heavy atom. The Morgan fingerprint density at radius 1 is 0.963 bits per heavy atom. The molecule has 0 aromatic heterocycles. The van der Waals surface area contributed by atoms with Crippen LogP contribution in [0.1, 0.15) is 77.1 Å². The lowest BCUT2D eigenvalue weighted by atomic mass is 9.77. The van der Waals surface area contributed by atoms with Crippen LogP contribution in [-0.4, -0.2) is 36.2 Å². The first-order chi connectivity index (χ1) is 11.6. The maximum Gasteiger partial charge on any atom is 0.124 e. The van der Waals surface area contributed by atoms with Gasteiger partial charge in [0, 0.05) is 37.8 Å². The van der Waals surface area contributed by atoms with Gasteiger partial charge >= 0.3 is 0 Å². The molecule has 2 aliphatic rings. The molecule has 156 valence electrons. The lowest BCUT2D eigenvalue weighted by Crippen LogP contribution is -2.45. The molecular weight excluding hydrogens is 379 g/mol. The van der Waals surface area contributed by atoms with Crippen LogP contribution >= 0.6 is 24.8 Å². The zero-order valence-corrected chi connectivity index (χ0v) is 19.4. The molecule has 27 heavy (non-hydrogen) atoms. The summed E-state index contributed by atoms with van der Waals surface area (Å²) in [7, 11) is 0.